The smallest absolute Gasteiger partial charge is 0.0738 e. The predicted octanol–water partition coefficient (Wildman–Crippen LogP) is 3.93. The average molecular weight is 342 g/mol. The zero-order valence-electron chi connectivity index (χ0n) is 13.2. The van der Waals surface area contributed by atoms with Crippen LogP contribution in [0.2, 0.25) is 0 Å². The molecule has 1 heterocycles. The maximum absolute atomic E-state index is 4.63. The first-order chi connectivity index (χ1) is 9.60. The molecule has 2 rings (SSSR count). The molecule has 0 radical (unpaired) electrons. The standard InChI is InChI=1S/C16H28BrN3/c1-5-12-7-8-14(18-4)13(9-12)10-15-16(17)11(3)19-20(15)6-2/h12-14,18H,5-10H2,1-4H3. The SMILES string of the molecule is CCC1CCC(NC)C(Cc2c(Br)c(C)nn2CC)C1. The Hall–Kier alpha value is -0.350. The van der Waals surface area contributed by atoms with Crippen molar-refractivity contribution in [2.75, 3.05) is 7.05 Å². The van der Waals surface area contributed by atoms with Crippen molar-refractivity contribution in [1.82, 2.24) is 15.1 Å². The van der Waals surface area contributed by atoms with E-state index in [0.717, 1.165) is 30.5 Å². The highest BCUT2D eigenvalue weighted by molar-refractivity contribution is 9.10. The molecule has 0 saturated heterocycles. The number of hydrogen-bond donors (Lipinski definition) is 1. The lowest BCUT2D eigenvalue weighted by Crippen LogP contribution is -2.40. The Morgan fingerprint density at radius 3 is 2.70 bits per heavy atom. The van der Waals surface area contributed by atoms with Crippen LogP contribution in [0.15, 0.2) is 4.47 Å². The van der Waals surface area contributed by atoms with Crippen molar-refractivity contribution in [3.63, 3.8) is 0 Å². The molecule has 4 heteroatoms. The van der Waals surface area contributed by atoms with Gasteiger partial charge in [-0.2, -0.15) is 5.10 Å². The van der Waals surface area contributed by atoms with E-state index in [1.54, 1.807) is 0 Å². The van der Waals surface area contributed by atoms with Gasteiger partial charge < -0.3 is 5.32 Å². The van der Waals surface area contributed by atoms with Crippen LogP contribution < -0.4 is 5.32 Å². The van der Waals surface area contributed by atoms with Crippen LogP contribution in [0.5, 0.6) is 0 Å². The molecule has 1 aromatic heterocycles. The fourth-order valence-corrected chi connectivity index (χ4v) is 4.10. The number of nitrogens with one attached hydrogen (secondary N) is 1. The molecular formula is C16H28BrN3. The molecule has 1 fully saturated rings. The first-order valence-corrected chi connectivity index (χ1v) is 8.78. The maximum Gasteiger partial charge on any atom is 0.0738 e. The summed E-state index contributed by atoms with van der Waals surface area (Å²) >= 11 is 3.74. The van der Waals surface area contributed by atoms with Crippen molar-refractivity contribution in [2.24, 2.45) is 11.8 Å². The summed E-state index contributed by atoms with van der Waals surface area (Å²) in [6.45, 7) is 7.55. The quantitative estimate of drug-likeness (QED) is 0.879. The van der Waals surface area contributed by atoms with Crippen LogP contribution in [0.3, 0.4) is 0 Å². The van der Waals surface area contributed by atoms with Crippen LogP contribution in [0.1, 0.15) is 50.9 Å². The molecule has 3 atom stereocenters. The molecule has 0 bridgehead atoms. The lowest BCUT2D eigenvalue weighted by molar-refractivity contribution is 0.202. The topological polar surface area (TPSA) is 29.9 Å². The molecule has 20 heavy (non-hydrogen) atoms. The lowest BCUT2D eigenvalue weighted by atomic mass is 9.75. The van der Waals surface area contributed by atoms with Gasteiger partial charge in [-0.1, -0.05) is 13.3 Å². The number of aryl methyl sites for hydroxylation is 2. The Bertz CT molecular complexity index is 441. The highest BCUT2D eigenvalue weighted by Gasteiger charge is 2.30. The minimum atomic E-state index is 0.658. The lowest BCUT2D eigenvalue weighted by Gasteiger charge is -2.36. The van der Waals surface area contributed by atoms with E-state index in [1.165, 1.54) is 35.8 Å². The molecule has 0 aromatic carbocycles. The Morgan fingerprint density at radius 2 is 2.10 bits per heavy atom. The summed E-state index contributed by atoms with van der Waals surface area (Å²) in [7, 11) is 2.11. The third-order valence-electron chi connectivity index (χ3n) is 4.95. The van der Waals surface area contributed by atoms with Crippen molar-refractivity contribution in [3.8, 4) is 0 Å². The van der Waals surface area contributed by atoms with E-state index in [-0.39, 0.29) is 0 Å². The highest BCUT2D eigenvalue weighted by atomic mass is 79.9. The molecule has 114 valence electrons. The van der Waals surface area contributed by atoms with E-state index in [1.807, 2.05) is 0 Å². The first kappa shape index (κ1) is 16.0. The monoisotopic (exact) mass is 341 g/mol. The van der Waals surface area contributed by atoms with Crippen molar-refractivity contribution in [2.45, 2.75) is 65.5 Å². The van der Waals surface area contributed by atoms with Crippen LogP contribution in [-0.2, 0) is 13.0 Å². The second kappa shape index (κ2) is 7.08. The minimum Gasteiger partial charge on any atom is -0.317 e. The van der Waals surface area contributed by atoms with E-state index in [9.17, 15) is 0 Å². The summed E-state index contributed by atoms with van der Waals surface area (Å²) in [5.41, 5.74) is 2.50. The highest BCUT2D eigenvalue weighted by Crippen LogP contribution is 2.35. The van der Waals surface area contributed by atoms with Crippen molar-refractivity contribution < 1.29 is 0 Å². The molecule has 0 aliphatic heterocycles. The second-order valence-electron chi connectivity index (χ2n) is 6.11. The largest absolute Gasteiger partial charge is 0.317 e. The molecule has 0 spiro atoms. The fraction of sp³-hybridized carbons (Fsp3) is 0.812. The molecular weight excluding hydrogens is 314 g/mol. The van der Waals surface area contributed by atoms with Crippen LogP contribution in [-0.4, -0.2) is 22.9 Å². The Morgan fingerprint density at radius 1 is 1.35 bits per heavy atom. The summed E-state index contributed by atoms with van der Waals surface area (Å²) in [5, 5.41) is 8.17. The summed E-state index contributed by atoms with van der Waals surface area (Å²) in [6.07, 6.45) is 6.50. The van der Waals surface area contributed by atoms with Gasteiger partial charge in [0.1, 0.15) is 0 Å². The van der Waals surface area contributed by atoms with E-state index in [0.29, 0.717) is 6.04 Å². The number of nitrogens with zero attached hydrogens (tertiary/aromatic N) is 2. The zero-order chi connectivity index (χ0) is 14.7. The summed E-state index contributed by atoms with van der Waals surface area (Å²) in [4.78, 5) is 0. The molecule has 1 saturated carbocycles. The van der Waals surface area contributed by atoms with Crippen molar-refractivity contribution in [3.05, 3.63) is 15.9 Å². The molecule has 3 nitrogen and oxygen atoms in total. The van der Waals surface area contributed by atoms with Gasteiger partial charge in [0.25, 0.3) is 0 Å². The summed E-state index contributed by atoms with van der Waals surface area (Å²) in [5.74, 6) is 1.64. The Kier molecular flexibility index (Phi) is 5.67. The van der Waals surface area contributed by atoms with Crippen LogP contribution in [0.4, 0.5) is 0 Å². The zero-order valence-corrected chi connectivity index (χ0v) is 14.8. The summed E-state index contributed by atoms with van der Waals surface area (Å²) < 4.78 is 3.38. The van der Waals surface area contributed by atoms with Crippen LogP contribution in [0, 0.1) is 18.8 Å². The Balaban J connectivity index is 2.17. The van der Waals surface area contributed by atoms with Gasteiger partial charge in [-0.15, -0.1) is 0 Å². The normalized spacial score (nSPS) is 26.9. The number of halogens is 1. The minimum absolute atomic E-state index is 0.658. The number of aromatic nitrogens is 2. The van der Waals surface area contributed by atoms with Gasteiger partial charge in [-0.25, -0.2) is 0 Å². The third-order valence-corrected chi connectivity index (χ3v) is 5.98. The van der Waals surface area contributed by atoms with Gasteiger partial charge in [-0.3, -0.25) is 4.68 Å². The molecule has 3 unspecified atom stereocenters. The van der Waals surface area contributed by atoms with E-state index in [4.69, 9.17) is 0 Å². The average Bonchev–Trinajstić information content (AvgIpc) is 2.74. The number of hydrogen-bond acceptors (Lipinski definition) is 2. The third kappa shape index (κ3) is 3.28. The maximum atomic E-state index is 4.63. The predicted molar refractivity (Wildman–Crippen MR) is 88.0 cm³/mol. The van der Waals surface area contributed by atoms with Gasteiger partial charge in [0.05, 0.1) is 15.9 Å². The van der Waals surface area contributed by atoms with E-state index < -0.39 is 0 Å². The molecule has 0 amide bonds. The molecule has 1 N–H and O–H groups in total. The Labute approximate surface area is 131 Å². The van der Waals surface area contributed by atoms with E-state index in [2.05, 4.69) is 58.8 Å². The fourth-order valence-electron chi connectivity index (χ4n) is 3.65. The van der Waals surface area contributed by atoms with Gasteiger partial charge in [-0.05, 0) is 74.3 Å². The van der Waals surface area contributed by atoms with Gasteiger partial charge >= 0.3 is 0 Å². The molecule has 1 aliphatic carbocycles. The van der Waals surface area contributed by atoms with Crippen LogP contribution in [0.25, 0.3) is 0 Å². The first-order valence-electron chi connectivity index (χ1n) is 7.99. The van der Waals surface area contributed by atoms with Gasteiger partial charge in [0.15, 0.2) is 0 Å². The van der Waals surface area contributed by atoms with Crippen LogP contribution >= 0.6 is 15.9 Å². The van der Waals surface area contributed by atoms with Crippen molar-refractivity contribution in [1.29, 1.82) is 0 Å². The number of rotatable bonds is 5. The second-order valence-corrected chi connectivity index (χ2v) is 6.90. The van der Waals surface area contributed by atoms with Crippen molar-refractivity contribution >= 4 is 15.9 Å². The van der Waals surface area contributed by atoms with Gasteiger partial charge in [0, 0.05) is 12.6 Å². The summed E-state index contributed by atoms with van der Waals surface area (Å²) in [6, 6.07) is 0.658. The molecule has 1 aromatic rings. The molecule has 1 aliphatic rings. The van der Waals surface area contributed by atoms with Gasteiger partial charge in [0.2, 0.25) is 0 Å². The van der Waals surface area contributed by atoms with E-state index >= 15 is 0 Å².